The van der Waals surface area contributed by atoms with Crippen molar-refractivity contribution in [2.24, 2.45) is 11.8 Å². The zero-order valence-corrected chi connectivity index (χ0v) is 38.3. The number of ether oxygens (including phenoxy) is 3. The average Bonchev–Trinajstić information content (AvgIpc) is 3.19. The second-order valence-corrected chi connectivity index (χ2v) is 17.6. The quantitative estimate of drug-likeness (QED) is 0.0347. The lowest BCUT2D eigenvalue weighted by atomic mass is 9.99. The first-order valence-electron chi connectivity index (χ1n) is 24.8. The van der Waals surface area contributed by atoms with E-state index < -0.39 is 6.10 Å². The summed E-state index contributed by atoms with van der Waals surface area (Å²) in [6.45, 7) is 11.4. The number of rotatable bonds is 44. The Kier molecular flexibility index (Phi) is 41.8. The van der Waals surface area contributed by atoms with Crippen molar-refractivity contribution in [3.05, 3.63) is 0 Å². The Balaban J connectivity index is 4.34. The molecule has 0 aliphatic carbocycles. The molecule has 0 heterocycles. The third kappa shape index (κ3) is 40.6. The van der Waals surface area contributed by atoms with E-state index in [4.69, 9.17) is 14.2 Å². The first-order chi connectivity index (χ1) is 27.3. The van der Waals surface area contributed by atoms with Crippen LogP contribution in [-0.4, -0.2) is 37.2 Å². The molecule has 0 saturated heterocycles. The summed E-state index contributed by atoms with van der Waals surface area (Å²) >= 11 is 0. The van der Waals surface area contributed by atoms with Crippen molar-refractivity contribution in [2.45, 2.75) is 278 Å². The molecule has 0 fully saturated rings. The Hall–Kier alpha value is -1.59. The van der Waals surface area contributed by atoms with E-state index in [1.807, 2.05) is 0 Å². The topological polar surface area (TPSA) is 78.9 Å². The highest BCUT2D eigenvalue weighted by molar-refractivity contribution is 5.71. The van der Waals surface area contributed by atoms with Gasteiger partial charge in [-0.15, -0.1) is 0 Å². The monoisotopic (exact) mass is 793 g/mol. The summed E-state index contributed by atoms with van der Waals surface area (Å²) in [7, 11) is 0. The van der Waals surface area contributed by atoms with Crippen LogP contribution in [0.15, 0.2) is 0 Å². The maximum atomic E-state index is 12.7. The van der Waals surface area contributed by atoms with E-state index in [0.29, 0.717) is 19.3 Å². The van der Waals surface area contributed by atoms with Crippen molar-refractivity contribution in [3.63, 3.8) is 0 Å². The van der Waals surface area contributed by atoms with Crippen molar-refractivity contribution in [1.29, 1.82) is 0 Å². The fraction of sp³-hybridized carbons (Fsp3) is 0.940. The zero-order valence-electron chi connectivity index (χ0n) is 38.3. The molecule has 0 rings (SSSR count). The first kappa shape index (κ1) is 54.4. The lowest BCUT2D eigenvalue weighted by Crippen LogP contribution is -2.30. The molecule has 0 aliphatic heterocycles. The minimum absolute atomic E-state index is 0.0645. The van der Waals surface area contributed by atoms with E-state index in [-0.39, 0.29) is 31.1 Å². The van der Waals surface area contributed by atoms with Gasteiger partial charge >= 0.3 is 17.9 Å². The van der Waals surface area contributed by atoms with Crippen LogP contribution >= 0.6 is 0 Å². The van der Waals surface area contributed by atoms with Crippen LogP contribution in [0.3, 0.4) is 0 Å². The fourth-order valence-corrected chi connectivity index (χ4v) is 7.39. The molecular formula is C50H96O6. The summed E-state index contributed by atoms with van der Waals surface area (Å²) in [5, 5.41) is 0. The second-order valence-electron chi connectivity index (χ2n) is 17.6. The molecule has 2 unspecified atom stereocenters. The van der Waals surface area contributed by atoms with Gasteiger partial charge in [0.2, 0.25) is 0 Å². The Morgan fingerprint density at radius 2 is 0.625 bits per heavy atom. The van der Waals surface area contributed by atoms with Crippen LogP contribution in [0.4, 0.5) is 0 Å². The molecular weight excluding hydrogens is 697 g/mol. The van der Waals surface area contributed by atoms with Crippen LogP contribution in [0.5, 0.6) is 0 Å². The molecule has 0 saturated carbocycles. The predicted molar refractivity (Wildman–Crippen MR) is 238 cm³/mol. The average molecular weight is 793 g/mol. The number of esters is 3. The summed E-state index contributed by atoms with van der Waals surface area (Å²) < 4.78 is 16.8. The number of unbranched alkanes of at least 4 members (excludes halogenated alkanes) is 27. The molecule has 0 N–H and O–H groups in total. The van der Waals surface area contributed by atoms with Gasteiger partial charge in [0.25, 0.3) is 0 Å². The van der Waals surface area contributed by atoms with Gasteiger partial charge in [-0.3, -0.25) is 14.4 Å². The van der Waals surface area contributed by atoms with Crippen molar-refractivity contribution < 1.29 is 28.6 Å². The van der Waals surface area contributed by atoms with Crippen LogP contribution in [-0.2, 0) is 28.6 Å². The van der Waals surface area contributed by atoms with Gasteiger partial charge in [0, 0.05) is 19.3 Å². The predicted octanol–water partition coefficient (Wildman–Crippen LogP) is 15.8. The lowest BCUT2D eigenvalue weighted by Gasteiger charge is -2.18. The highest BCUT2D eigenvalue weighted by Crippen LogP contribution is 2.18. The summed E-state index contributed by atoms with van der Waals surface area (Å²) in [5.41, 5.74) is 0. The van der Waals surface area contributed by atoms with Gasteiger partial charge in [0.15, 0.2) is 6.10 Å². The van der Waals surface area contributed by atoms with Crippen molar-refractivity contribution in [3.8, 4) is 0 Å². The van der Waals surface area contributed by atoms with Crippen LogP contribution in [0.25, 0.3) is 0 Å². The molecule has 0 radical (unpaired) electrons. The van der Waals surface area contributed by atoms with Gasteiger partial charge in [-0.05, 0) is 31.1 Å². The maximum absolute atomic E-state index is 12.7. The molecule has 6 nitrogen and oxygen atoms in total. The van der Waals surface area contributed by atoms with E-state index in [2.05, 4.69) is 34.6 Å². The number of carbonyl (C=O) groups excluding carboxylic acids is 3. The summed E-state index contributed by atoms with van der Waals surface area (Å²) in [4.78, 5) is 37.8. The molecule has 0 aromatic carbocycles. The van der Waals surface area contributed by atoms with E-state index in [0.717, 1.165) is 69.6 Å². The van der Waals surface area contributed by atoms with E-state index in [9.17, 15) is 14.4 Å². The summed E-state index contributed by atoms with van der Waals surface area (Å²) in [6.07, 6.45) is 42.1. The second kappa shape index (κ2) is 43.0. The smallest absolute Gasteiger partial charge is 0.306 e. The van der Waals surface area contributed by atoms with Gasteiger partial charge in [-0.1, -0.05) is 234 Å². The van der Waals surface area contributed by atoms with Crippen LogP contribution in [0, 0.1) is 11.8 Å². The van der Waals surface area contributed by atoms with E-state index in [1.165, 1.54) is 161 Å². The molecule has 0 spiro atoms. The van der Waals surface area contributed by atoms with Gasteiger partial charge in [0.1, 0.15) is 13.2 Å². The number of carbonyl (C=O) groups is 3. The van der Waals surface area contributed by atoms with Crippen molar-refractivity contribution in [1.82, 2.24) is 0 Å². The molecule has 0 bridgehead atoms. The zero-order chi connectivity index (χ0) is 41.2. The fourth-order valence-electron chi connectivity index (χ4n) is 7.39. The van der Waals surface area contributed by atoms with E-state index >= 15 is 0 Å². The molecule has 0 aromatic rings. The molecule has 0 aromatic heterocycles. The van der Waals surface area contributed by atoms with Gasteiger partial charge in [-0.25, -0.2) is 0 Å². The third-order valence-corrected chi connectivity index (χ3v) is 11.9. The standard InChI is InChI=1S/C50H96O6/c1-6-9-10-11-12-13-14-15-20-27-32-37-42-50(53)56-47(44-55-49(52)41-36-31-26-22-21-24-29-34-39-46(5)8-3)43-54-48(51)40-35-30-25-19-17-16-18-23-28-33-38-45(4)7-2/h45-47H,6-44H2,1-5H3/t45?,46?,47-/m0/s1. The van der Waals surface area contributed by atoms with Crippen LogP contribution < -0.4 is 0 Å². The minimum atomic E-state index is -0.761. The van der Waals surface area contributed by atoms with E-state index in [1.54, 1.807) is 0 Å². The van der Waals surface area contributed by atoms with Crippen LogP contribution in [0.1, 0.15) is 272 Å². The van der Waals surface area contributed by atoms with Gasteiger partial charge in [-0.2, -0.15) is 0 Å². The normalized spacial score (nSPS) is 13.0. The van der Waals surface area contributed by atoms with Crippen molar-refractivity contribution in [2.75, 3.05) is 13.2 Å². The van der Waals surface area contributed by atoms with Crippen molar-refractivity contribution >= 4 is 17.9 Å². The SMILES string of the molecule is CCCCCCCCCCCCCCC(=O)O[C@@H](COC(=O)CCCCCCCCCCCCC(C)CC)COC(=O)CCCCCCCCCCC(C)CC. The molecule has 3 atom stereocenters. The Labute approximate surface area is 348 Å². The van der Waals surface area contributed by atoms with Gasteiger partial charge < -0.3 is 14.2 Å². The highest BCUT2D eigenvalue weighted by atomic mass is 16.6. The number of hydrogen-bond donors (Lipinski definition) is 0. The Morgan fingerprint density at radius 1 is 0.357 bits per heavy atom. The Morgan fingerprint density at radius 3 is 0.929 bits per heavy atom. The summed E-state index contributed by atoms with van der Waals surface area (Å²) in [5.74, 6) is 0.865. The molecule has 332 valence electrons. The van der Waals surface area contributed by atoms with Crippen LogP contribution in [0.2, 0.25) is 0 Å². The molecule has 0 amide bonds. The molecule has 0 aliphatic rings. The largest absolute Gasteiger partial charge is 0.462 e. The number of hydrogen-bond acceptors (Lipinski definition) is 6. The first-order valence-corrected chi connectivity index (χ1v) is 24.8. The minimum Gasteiger partial charge on any atom is -0.462 e. The molecule has 6 heteroatoms. The maximum Gasteiger partial charge on any atom is 0.306 e. The molecule has 56 heavy (non-hydrogen) atoms. The Bertz CT molecular complexity index is 858. The third-order valence-electron chi connectivity index (χ3n) is 11.9. The highest BCUT2D eigenvalue weighted by Gasteiger charge is 2.19. The lowest BCUT2D eigenvalue weighted by molar-refractivity contribution is -0.167. The van der Waals surface area contributed by atoms with Gasteiger partial charge in [0.05, 0.1) is 0 Å². The summed E-state index contributed by atoms with van der Waals surface area (Å²) in [6, 6.07) is 0.